The fourth-order valence-electron chi connectivity index (χ4n) is 1.21. The number of nitrogens with one attached hydrogen (secondary N) is 1. The van der Waals surface area contributed by atoms with Gasteiger partial charge in [-0.25, -0.2) is 4.79 Å². The van der Waals surface area contributed by atoms with Crippen molar-refractivity contribution in [2.24, 2.45) is 0 Å². The molecule has 1 atom stereocenters. The number of amides is 1. The van der Waals surface area contributed by atoms with Crippen molar-refractivity contribution in [3.8, 4) is 0 Å². The first-order valence-electron chi connectivity index (χ1n) is 3.85. The van der Waals surface area contributed by atoms with E-state index < -0.39 is 0 Å². The van der Waals surface area contributed by atoms with Gasteiger partial charge < -0.3 is 10.1 Å². The molecule has 2 rings (SSSR count). The number of halogens is 1. The first kappa shape index (κ1) is 9.02. The third kappa shape index (κ3) is 1.58. The van der Waals surface area contributed by atoms with Crippen LogP contribution in [0.15, 0.2) is 9.85 Å². The average Bonchev–Trinajstić information content (AvgIpc) is 2.62. The van der Waals surface area contributed by atoms with Crippen LogP contribution >= 0.6 is 27.3 Å². The van der Waals surface area contributed by atoms with Gasteiger partial charge in [0.05, 0.1) is 0 Å². The molecule has 1 aromatic heterocycles. The number of hydrogen-bond acceptors (Lipinski definition) is 3. The van der Waals surface area contributed by atoms with Gasteiger partial charge in [-0.2, -0.15) is 0 Å². The van der Waals surface area contributed by atoms with E-state index in [4.69, 9.17) is 4.74 Å². The predicted molar refractivity (Wildman–Crippen MR) is 54.0 cm³/mol. The van der Waals surface area contributed by atoms with E-state index in [0.717, 1.165) is 9.35 Å². The first-order valence-corrected chi connectivity index (χ1v) is 5.52. The van der Waals surface area contributed by atoms with Crippen molar-refractivity contribution < 1.29 is 9.53 Å². The van der Waals surface area contributed by atoms with Crippen LogP contribution in [0.25, 0.3) is 0 Å². The number of aryl methyl sites for hydroxylation is 1. The lowest BCUT2D eigenvalue weighted by atomic mass is 10.2. The van der Waals surface area contributed by atoms with Crippen molar-refractivity contribution in [2.75, 3.05) is 6.61 Å². The summed E-state index contributed by atoms with van der Waals surface area (Å²) in [7, 11) is 0. The molecule has 1 unspecified atom stereocenters. The molecule has 1 aliphatic rings. The zero-order valence-electron chi connectivity index (χ0n) is 6.96. The van der Waals surface area contributed by atoms with Crippen LogP contribution in [0.3, 0.4) is 0 Å². The Bertz CT molecular complexity index is 350. The van der Waals surface area contributed by atoms with Crippen molar-refractivity contribution >= 4 is 33.4 Å². The van der Waals surface area contributed by atoms with Gasteiger partial charge >= 0.3 is 6.09 Å². The van der Waals surface area contributed by atoms with Gasteiger partial charge in [0.25, 0.3) is 0 Å². The third-order valence-corrected chi connectivity index (χ3v) is 4.44. The highest BCUT2D eigenvalue weighted by Crippen LogP contribution is 2.34. The average molecular weight is 262 g/mol. The zero-order chi connectivity index (χ0) is 9.42. The van der Waals surface area contributed by atoms with E-state index in [-0.39, 0.29) is 12.1 Å². The molecule has 1 fully saturated rings. The molecule has 0 saturated carbocycles. The third-order valence-electron chi connectivity index (χ3n) is 1.91. The lowest BCUT2D eigenvalue weighted by Gasteiger charge is -2.04. The van der Waals surface area contributed by atoms with Crippen molar-refractivity contribution in [2.45, 2.75) is 13.0 Å². The molecule has 1 saturated heterocycles. The van der Waals surface area contributed by atoms with Crippen molar-refractivity contribution in [1.82, 2.24) is 5.32 Å². The van der Waals surface area contributed by atoms with Gasteiger partial charge in [-0.1, -0.05) is 0 Å². The highest BCUT2D eigenvalue weighted by Gasteiger charge is 2.26. The Hall–Kier alpha value is -0.550. The van der Waals surface area contributed by atoms with Crippen LogP contribution in [-0.2, 0) is 4.74 Å². The van der Waals surface area contributed by atoms with E-state index in [9.17, 15) is 4.79 Å². The van der Waals surface area contributed by atoms with Gasteiger partial charge in [0.1, 0.15) is 12.6 Å². The normalized spacial score (nSPS) is 21.4. The Labute approximate surface area is 88.2 Å². The summed E-state index contributed by atoms with van der Waals surface area (Å²) in [5.74, 6) is 0. The number of carbonyl (C=O) groups excluding carboxylic acids is 1. The molecule has 0 radical (unpaired) electrons. The zero-order valence-corrected chi connectivity index (χ0v) is 9.37. The van der Waals surface area contributed by atoms with Crippen LogP contribution in [0.4, 0.5) is 4.79 Å². The molecule has 1 aliphatic heterocycles. The summed E-state index contributed by atoms with van der Waals surface area (Å²) in [4.78, 5) is 11.9. The molecule has 1 N–H and O–H groups in total. The summed E-state index contributed by atoms with van der Waals surface area (Å²) in [5, 5.41) is 4.80. The summed E-state index contributed by atoms with van der Waals surface area (Å²) in [6, 6.07) is 0.0144. The summed E-state index contributed by atoms with van der Waals surface area (Å²) < 4.78 is 5.90. The monoisotopic (exact) mass is 261 g/mol. The molecular formula is C8H8BrNO2S. The molecule has 0 aromatic carbocycles. The minimum atomic E-state index is -0.331. The second-order valence-corrected chi connectivity index (χ2v) is 4.60. The van der Waals surface area contributed by atoms with Crippen LogP contribution < -0.4 is 5.32 Å². The standard InChI is InChI=1S/C8H8BrNO2S/c1-4-3-13-7(6(4)9)5-2-12-8(11)10-5/h3,5H,2H2,1H3,(H,10,11). The van der Waals surface area contributed by atoms with E-state index in [1.807, 2.05) is 6.92 Å². The smallest absolute Gasteiger partial charge is 0.407 e. The topological polar surface area (TPSA) is 38.3 Å². The van der Waals surface area contributed by atoms with Crippen molar-refractivity contribution in [1.29, 1.82) is 0 Å². The lowest BCUT2D eigenvalue weighted by molar-refractivity contribution is 0.177. The maximum Gasteiger partial charge on any atom is 0.407 e. The van der Waals surface area contributed by atoms with Crippen molar-refractivity contribution in [3.63, 3.8) is 0 Å². The SMILES string of the molecule is Cc1csc(C2COC(=O)N2)c1Br. The number of thiophene rings is 1. The number of rotatable bonds is 1. The van der Waals surface area contributed by atoms with E-state index in [1.165, 1.54) is 5.56 Å². The number of carbonyl (C=O) groups is 1. The summed E-state index contributed by atoms with van der Waals surface area (Å²) in [5.41, 5.74) is 1.20. The minimum absolute atomic E-state index is 0.0144. The van der Waals surface area contributed by atoms with Crippen LogP contribution in [0, 0.1) is 6.92 Å². The van der Waals surface area contributed by atoms with Crippen LogP contribution in [-0.4, -0.2) is 12.7 Å². The Kier molecular flexibility index (Phi) is 2.29. The van der Waals surface area contributed by atoms with E-state index in [2.05, 4.69) is 26.6 Å². The second kappa shape index (κ2) is 3.31. The summed E-state index contributed by atoms with van der Waals surface area (Å²) in [6.45, 7) is 2.46. The maximum atomic E-state index is 10.8. The Morgan fingerprint density at radius 2 is 2.54 bits per heavy atom. The Morgan fingerprint density at radius 1 is 1.77 bits per heavy atom. The largest absolute Gasteiger partial charge is 0.447 e. The molecule has 5 heteroatoms. The molecule has 13 heavy (non-hydrogen) atoms. The predicted octanol–water partition coefficient (Wildman–Crippen LogP) is 2.60. The molecule has 1 amide bonds. The highest BCUT2D eigenvalue weighted by molar-refractivity contribution is 9.10. The fraction of sp³-hybridized carbons (Fsp3) is 0.375. The van der Waals surface area contributed by atoms with Gasteiger partial charge in [0.15, 0.2) is 0 Å². The van der Waals surface area contributed by atoms with Crippen LogP contribution in [0.2, 0.25) is 0 Å². The summed E-state index contributed by atoms with van der Waals surface area (Å²) >= 11 is 5.12. The highest BCUT2D eigenvalue weighted by atomic mass is 79.9. The summed E-state index contributed by atoms with van der Waals surface area (Å²) in [6.07, 6.45) is -0.331. The molecule has 0 spiro atoms. The van der Waals surface area contributed by atoms with Crippen molar-refractivity contribution in [3.05, 3.63) is 20.3 Å². The minimum Gasteiger partial charge on any atom is -0.447 e. The number of cyclic esters (lactones) is 1. The molecule has 1 aromatic rings. The first-order chi connectivity index (χ1) is 6.18. The number of alkyl carbamates (subject to hydrolysis) is 1. The lowest BCUT2D eigenvalue weighted by Crippen LogP contribution is -2.17. The molecule has 0 aliphatic carbocycles. The van der Waals surface area contributed by atoms with Gasteiger partial charge in [0.2, 0.25) is 0 Å². The molecular weight excluding hydrogens is 254 g/mol. The quantitative estimate of drug-likeness (QED) is 0.844. The second-order valence-electron chi connectivity index (χ2n) is 2.89. The van der Waals surface area contributed by atoms with E-state index in [1.54, 1.807) is 11.3 Å². The number of hydrogen-bond donors (Lipinski definition) is 1. The van der Waals surface area contributed by atoms with Gasteiger partial charge in [0, 0.05) is 9.35 Å². The number of ether oxygens (including phenoxy) is 1. The maximum absolute atomic E-state index is 10.8. The molecule has 3 nitrogen and oxygen atoms in total. The molecule has 0 bridgehead atoms. The fourth-order valence-corrected chi connectivity index (χ4v) is 3.01. The van der Waals surface area contributed by atoms with Gasteiger partial charge in [-0.05, 0) is 33.8 Å². The van der Waals surface area contributed by atoms with E-state index >= 15 is 0 Å². The Balaban J connectivity index is 2.26. The Morgan fingerprint density at radius 3 is 3.00 bits per heavy atom. The van der Waals surface area contributed by atoms with Gasteiger partial charge in [-0.3, -0.25) is 0 Å². The van der Waals surface area contributed by atoms with Crippen LogP contribution in [0.5, 0.6) is 0 Å². The van der Waals surface area contributed by atoms with E-state index in [0.29, 0.717) is 6.61 Å². The van der Waals surface area contributed by atoms with Gasteiger partial charge in [-0.15, -0.1) is 11.3 Å². The van der Waals surface area contributed by atoms with Crippen LogP contribution in [0.1, 0.15) is 16.5 Å². The molecule has 2 heterocycles. The molecule has 70 valence electrons.